The molecule has 2 atom stereocenters. The quantitative estimate of drug-likeness (QED) is 0.579. The summed E-state index contributed by atoms with van der Waals surface area (Å²) in [7, 11) is 0. The highest BCUT2D eigenvalue weighted by molar-refractivity contribution is 5.86. The molecule has 2 aliphatic rings. The molecule has 1 fully saturated rings. The van der Waals surface area contributed by atoms with Gasteiger partial charge in [-0.05, 0) is 26.7 Å². The van der Waals surface area contributed by atoms with Crippen LogP contribution in [0.5, 0.6) is 0 Å². The van der Waals surface area contributed by atoms with Crippen molar-refractivity contribution in [1.29, 1.82) is 0 Å². The number of allylic oxidation sites excluding steroid dienone is 2. The second kappa shape index (κ2) is 6.88. The number of hydrogen-bond donors (Lipinski definition) is 0. The van der Waals surface area contributed by atoms with Gasteiger partial charge in [-0.3, -0.25) is 9.59 Å². The van der Waals surface area contributed by atoms with Gasteiger partial charge in [0.2, 0.25) is 5.91 Å². The molecule has 0 spiro atoms. The van der Waals surface area contributed by atoms with Gasteiger partial charge in [0.25, 0.3) is 0 Å². The maximum absolute atomic E-state index is 12.6. The van der Waals surface area contributed by atoms with E-state index in [4.69, 9.17) is 9.47 Å². The smallest absolute Gasteiger partial charge is 0.310 e. The van der Waals surface area contributed by atoms with Gasteiger partial charge in [0.05, 0.1) is 31.2 Å². The summed E-state index contributed by atoms with van der Waals surface area (Å²) in [5.41, 5.74) is 0. The Morgan fingerprint density at radius 1 is 1.15 bits per heavy atom. The number of carbonyl (C=O) groups excluding carboxylic acids is 2. The van der Waals surface area contributed by atoms with Crippen LogP contribution in [0.15, 0.2) is 12.2 Å². The molecule has 112 valence electrons. The Hall–Kier alpha value is -1.36. The van der Waals surface area contributed by atoms with E-state index in [1.807, 2.05) is 30.9 Å². The summed E-state index contributed by atoms with van der Waals surface area (Å²) >= 11 is 0. The van der Waals surface area contributed by atoms with E-state index in [0.29, 0.717) is 39.1 Å². The van der Waals surface area contributed by atoms with Gasteiger partial charge in [0.15, 0.2) is 0 Å². The van der Waals surface area contributed by atoms with Crippen LogP contribution in [0.2, 0.25) is 0 Å². The van der Waals surface area contributed by atoms with E-state index in [2.05, 4.69) is 0 Å². The van der Waals surface area contributed by atoms with Crippen LogP contribution < -0.4 is 0 Å². The minimum atomic E-state index is -0.349. The summed E-state index contributed by atoms with van der Waals surface area (Å²) in [5, 5.41) is 0. The van der Waals surface area contributed by atoms with Crippen LogP contribution in [0, 0.1) is 11.8 Å². The van der Waals surface area contributed by atoms with Crippen molar-refractivity contribution in [3.63, 3.8) is 0 Å². The van der Waals surface area contributed by atoms with Crippen LogP contribution in [0.4, 0.5) is 0 Å². The molecule has 1 saturated heterocycles. The fourth-order valence-electron chi connectivity index (χ4n) is 2.69. The lowest BCUT2D eigenvalue weighted by atomic mass is 9.82. The average molecular weight is 281 g/mol. The molecule has 5 heteroatoms. The topological polar surface area (TPSA) is 55.8 Å². The molecule has 0 N–H and O–H groups in total. The van der Waals surface area contributed by atoms with Crippen LogP contribution in [0.3, 0.4) is 0 Å². The molecular weight excluding hydrogens is 258 g/mol. The molecular formula is C15H23NO4. The van der Waals surface area contributed by atoms with Gasteiger partial charge >= 0.3 is 5.97 Å². The summed E-state index contributed by atoms with van der Waals surface area (Å²) in [6.45, 7) is 6.05. The number of esters is 1. The Kier molecular flexibility index (Phi) is 5.17. The van der Waals surface area contributed by atoms with E-state index < -0.39 is 0 Å². The van der Waals surface area contributed by atoms with Crippen LogP contribution >= 0.6 is 0 Å². The van der Waals surface area contributed by atoms with Crippen molar-refractivity contribution in [3.8, 4) is 0 Å². The first-order valence-corrected chi connectivity index (χ1v) is 7.31. The molecule has 2 rings (SSSR count). The molecule has 0 bridgehead atoms. The number of amides is 1. The Morgan fingerprint density at radius 2 is 1.75 bits per heavy atom. The van der Waals surface area contributed by atoms with E-state index >= 15 is 0 Å². The fourth-order valence-corrected chi connectivity index (χ4v) is 2.69. The second-order valence-corrected chi connectivity index (χ2v) is 5.58. The van der Waals surface area contributed by atoms with Crippen molar-refractivity contribution in [1.82, 2.24) is 4.90 Å². The first-order chi connectivity index (χ1) is 9.59. The van der Waals surface area contributed by atoms with Crippen LogP contribution in [0.1, 0.15) is 26.7 Å². The molecule has 0 aromatic heterocycles. The Balaban J connectivity index is 2.04. The number of morpholine rings is 1. The van der Waals surface area contributed by atoms with Crippen molar-refractivity contribution in [3.05, 3.63) is 12.2 Å². The molecule has 5 nitrogen and oxygen atoms in total. The molecule has 20 heavy (non-hydrogen) atoms. The van der Waals surface area contributed by atoms with Crippen LogP contribution in [0.25, 0.3) is 0 Å². The van der Waals surface area contributed by atoms with Crippen molar-refractivity contribution >= 4 is 11.9 Å². The standard InChI is InChI=1S/C15H23NO4/c1-11(2)20-15(18)13-6-4-3-5-12(13)14(17)16-7-9-19-10-8-16/h3-4,11-13H,5-10H2,1-2H3/t12-,13+/m1/s1. The lowest BCUT2D eigenvalue weighted by Gasteiger charge is -2.34. The summed E-state index contributed by atoms with van der Waals surface area (Å²) in [6, 6.07) is 0. The molecule has 0 aromatic carbocycles. The predicted octanol–water partition coefficient (Wildman–Crippen LogP) is 1.38. The van der Waals surface area contributed by atoms with E-state index in [-0.39, 0.29) is 29.8 Å². The number of ether oxygens (including phenoxy) is 2. The van der Waals surface area contributed by atoms with Crippen LogP contribution in [-0.4, -0.2) is 49.2 Å². The number of hydrogen-bond acceptors (Lipinski definition) is 4. The van der Waals surface area contributed by atoms with Gasteiger partial charge in [-0.2, -0.15) is 0 Å². The van der Waals surface area contributed by atoms with E-state index in [1.54, 1.807) is 0 Å². The SMILES string of the molecule is CC(C)OC(=O)[C@H]1CC=CC[C@H]1C(=O)N1CCOCC1. The zero-order valence-electron chi connectivity index (χ0n) is 12.2. The van der Waals surface area contributed by atoms with Gasteiger partial charge in [0, 0.05) is 13.1 Å². The summed E-state index contributed by atoms with van der Waals surface area (Å²) < 4.78 is 10.6. The molecule has 1 aliphatic heterocycles. The number of carbonyl (C=O) groups is 2. The van der Waals surface area contributed by atoms with Gasteiger partial charge in [0.1, 0.15) is 0 Å². The minimum absolute atomic E-state index is 0.0587. The summed E-state index contributed by atoms with van der Waals surface area (Å²) in [6.07, 6.45) is 5.02. The lowest BCUT2D eigenvalue weighted by molar-refractivity contribution is -0.159. The van der Waals surface area contributed by atoms with Crippen molar-refractivity contribution in [2.75, 3.05) is 26.3 Å². The normalized spacial score (nSPS) is 26.6. The third-order valence-corrected chi connectivity index (χ3v) is 3.73. The van der Waals surface area contributed by atoms with Gasteiger partial charge < -0.3 is 14.4 Å². The van der Waals surface area contributed by atoms with Crippen molar-refractivity contribution in [2.24, 2.45) is 11.8 Å². The molecule has 1 aliphatic carbocycles. The monoisotopic (exact) mass is 281 g/mol. The molecule has 0 radical (unpaired) electrons. The second-order valence-electron chi connectivity index (χ2n) is 5.58. The maximum atomic E-state index is 12.6. The Bertz CT molecular complexity index is 385. The first kappa shape index (κ1) is 15.0. The highest BCUT2D eigenvalue weighted by atomic mass is 16.5. The highest BCUT2D eigenvalue weighted by Crippen LogP contribution is 2.29. The molecule has 1 amide bonds. The average Bonchev–Trinajstić information content (AvgIpc) is 2.46. The molecule has 0 unspecified atom stereocenters. The van der Waals surface area contributed by atoms with Gasteiger partial charge in [-0.15, -0.1) is 0 Å². The fraction of sp³-hybridized carbons (Fsp3) is 0.733. The maximum Gasteiger partial charge on any atom is 0.310 e. The van der Waals surface area contributed by atoms with Gasteiger partial charge in [-0.1, -0.05) is 12.2 Å². The zero-order valence-corrected chi connectivity index (χ0v) is 12.2. The Labute approximate surface area is 119 Å². The molecule has 1 heterocycles. The third kappa shape index (κ3) is 3.60. The number of nitrogens with zero attached hydrogens (tertiary/aromatic N) is 1. The summed E-state index contributed by atoms with van der Waals surface area (Å²) in [4.78, 5) is 26.5. The molecule has 0 aromatic rings. The lowest BCUT2D eigenvalue weighted by Crippen LogP contribution is -2.47. The third-order valence-electron chi connectivity index (χ3n) is 3.73. The van der Waals surface area contributed by atoms with E-state index in [9.17, 15) is 9.59 Å². The summed E-state index contributed by atoms with van der Waals surface area (Å²) in [5.74, 6) is -0.832. The Morgan fingerprint density at radius 3 is 2.35 bits per heavy atom. The predicted molar refractivity (Wildman–Crippen MR) is 74.0 cm³/mol. The zero-order chi connectivity index (χ0) is 14.5. The van der Waals surface area contributed by atoms with Crippen LogP contribution in [-0.2, 0) is 19.1 Å². The van der Waals surface area contributed by atoms with E-state index in [1.165, 1.54) is 0 Å². The highest BCUT2D eigenvalue weighted by Gasteiger charge is 2.37. The minimum Gasteiger partial charge on any atom is -0.463 e. The molecule has 0 saturated carbocycles. The van der Waals surface area contributed by atoms with Crippen molar-refractivity contribution < 1.29 is 19.1 Å². The van der Waals surface area contributed by atoms with Crippen molar-refractivity contribution in [2.45, 2.75) is 32.8 Å². The largest absolute Gasteiger partial charge is 0.463 e. The van der Waals surface area contributed by atoms with E-state index in [0.717, 1.165) is 0 Å². The number of rotatable bonds is 3. The van der Waals surface area contributed by atoms with Gasteiger partial charge in [-0.25, -0.2) is 0 Å². The first-order valence-electron chi connectivity index (χ1n) is 7.31.